The van der Waals surface area contributed by atoms with E-state index < -0.39 is 10.0 Å². The van der Waals surface area contributed by atoms with E-state index in [4.69, 9.17) is 4.74 Å². The Labute approximate surface area is 193 Å². The normalized spacial score (nSPS) is 11.9. The molecule has 0 atom stereocenters. The Morgan fingerprint density at radius 1 is 1.21 bits per heavy atom. The number of aliphatic imine (C=N–C) groups is 1. The first-order chi connectivity index (χ1) is 13.3. The van der Waals surface area contributed by atoms with E-state index in [-0.39, 0.29) is 29.7 Å². The Balaban J connectivity index is 0.00000784. The van der Waals surface area contributed by atoms with Crippen LogP contribution in [0.3, 0.4) is 0 Å². The van der Waals surface area contributed by atoms with Gasteiger partial charge < -0.3 is 15.4 Å². The first kappa shape index (κ1) is 27.9. The summed E-state index contributed by atoms with van der Waals surface area (Å²) in [5.41, 5.74) is 2.24. The zero-order valence-electron chi connectivity index (χ0n) is 18.2. The molecule has 29 heavy (non-hydrogen) atoms. The van der Waals surface area contributed by atoms with Gasteiger partial charge in [-0.3, -0.25) is 4.99 Å². The van der Waals surface area contributed by atoms with E-state index in [0.29, 0.717) is 44.5 Å². The molecule has 1 aromatic carbocycles. The lowest BCUT2D eigenvalue weighted by Crippen LogP contribution is -2.38. The summed E-state index contributed by atoms with van der Waals surface area (Å²) in [5, 5.41) is 6.48. The molecular weight excluding hydrogens is 503 g/mol. The van der Waals surface area contributed by atoms with Crippen molar-refractivity contribution in [1.82, 2.24) is 15.4 Å². The van der Waals surface area contributed by atoms with Crippen LogP contribution in [-0.4, -0.2) is 46.9 Å². The topological polar surface area (TPSA) is 91.8 Å². The fourth-order valence-corrected chi connectivity index (χ4v) is 3.03. The van der Waals surface area contributed by atoms with E-state index in [1.807, 2.05) is 0 Å². The van der Waals surface area contributed by atoms with Gasteiger partial charge >= 0.3 is 0 Å². The predicted octanol–water partition coefficient (Wildman–Crippen LogP) is 3.03. The van der Waals surface area contributed by atoms with Crippen molar-refractivity contribution in [3.63, 3.8) is 0 Å². The zero-order valence-corrected chi connectivity index (χ0v) is 21.4. The summed E-state index contributed by atoms with van der Waals surface area (Å²) >= 11 is 0. The fourth-order valence-electron chi connectivity index (χ4n) is 2.37. The summed E-state index contributed by atoms with van der Waals surface area (Å²) in [6.07, 6.45) is 1.69. The maximum absolute atomic E-state index is 11.4. The van der Waals surface area contributed by atoms with Crippen molar-refractivity contribution in [2.45, 2.75) is 47.1 Å². The number of halogens is 1. The monoisotopic (exact) mass is 540 g/mol. The van der Waals surface area contributed by atoms with Crippen molar-refractivity contribution < 1.29 is 13.2 Å². The zero-order chi connectivity index (χ0) is 21.0. The average Bonchev–Trinajstić information content (AvgIpc) is 2.64. The van der Waals surface area contributed by atoms with Crippen LogP contribution in [0, 0.1) is 12.8 Å². The molecule has 0 spiro atoms. The quantitative estimate of drug-likeness (QED) is 0.164. The van der Waals surface area contributed by atoms with Gasteiger partial charge in [0.05, 0.1) is 12.4 Å². The maximum atomic E-state index is 11.4. The fraction of sp³-hybridized carbons (Fsp3) is 0.650. The van der Waals surface area contributed by atoms with Gasteiger partial charge in [0.15, 0.2) is 5.96 Å². The van der Waals surface area contributed by atoms with Gasteiger partial charge in [-0.1, -0.05) is 26.0 Å². The number of rotatable bonds is 12. The van der Waals surface area contributed by atoms with E-state index >= 15 is 0 Å². The van der Waals surface area contributed by atoms with Crippen molar-refractivity contribution >= 4 is 40.0 Å². The molecule has 1 aromatic rings. The Morgan fingerprint density at radius 2 is 1.93 bits per heavy atom. The van der Waals surface area contributed by atoms with E-state index in [9.17, 15) is 8.42 Å². The highest BCUT2D eigenvalue weighted by Crippen LogP contribution is 2.21. The Kier molecular flexibility index (Phi) is 14.3. The van der Waals surface area contributed by atoms with Gasteiger partial charge in [-0.05, 0) is 44.2 Å². The molecule has 0 saturated heterocycles. The number of hydrogen-bond acceptors (Lipinski definition) is 4. The third-order valence-corrected chi connectivity index (χ3v) is 5.60. The lowest BCUT2D eigenvalue weighted by atomic mass is 10.1. The van der Waals surface area contributed by atoms with Gasteiger partial charge in [0.25, 0.3) is 0 Å². The predicted molar refractivity (Wildman–Crippen MR) is 132 cm³/mol. The smallest absolute Gasteiger partial charge is 0.211 e. The second-order valence-electron chi connectivity index (χ2n) is 7.15. The Hall–Kier alpha value is -1.07. The molecule has 9 heteroatoms. The van der Waals surface area contributed by atoms with Crippen molar-refractivity contribution in [3.8, 4) is 5.75 Å². The van der Waals surface area contributed by atoms with Crippen molar-refractivity contribution in [2.75, 3.05) is 32.5 Å². The summed E-state index contributed by atoms with van der Waals surface area (Å²) in [5.74, 6) is 2.28. The SMILES string of the molecule is CCS(=O)(=O)NCCCNC(=NC)NCc1ccc(C)cc1OCCC(C)C.I. The molecular formula is C20H37IN4O3S. The van der Waals surface area contributed by atoms with E-state index in [2.05, 4.69) is 59.3 Å². The standard InChI is InChI=1S/C20H36N4O3S.HI/c1-6-28(25,26)24-12-7-11-22-20(21-5)23-15-18-9-8-17(4)14-19(18)27-13-10-16(2)3;/h8-9,14,16,24H,6-7,10-13,15H2,1-5H3,(H2,21,22,23);1H. The second kappa shape index (κ2) is 14.8. The molecule has 0 bridgehead atoms. The highest BCUT2D eigenvalue weighted by molar-refractivity contribution is 14.0. The number of nitrogens with one attached hydrogen (secondary N) is 3. The number of hydrogen-bond donors (Lipinski definition) is 3. The first-order valence-electron chi connectivity index (χ1n) is 9.91. The number of ether oxygens (including phenoxy) is 1. The largest absolute Gasteiger partial charge is 0.493 e. The van der Waals surface area contributed by atoms with E-state index in [1.54, 1.807) is 14.0 Å². The number of aryl methyl sites for hydroxylation is 1. The van der Waals surface area contributed by atoms with Crippen LogP contribution in [0.15, 0.2) is 23.2 Å². The van der Waals surface area contributed by atoms with E-state index in [0.717, 1.165) is 17.7 Å². The minimum absolute atomic E-state index is 0. The minimum atomic E-state index is -3.13. The lowest BCUT2D eigenvalue weighted by Gasteiger charge is -2.16. The summed E-state index contributed by atoms with van der Waals surface area (Å²) in [6.45, 7) is 10.4. The van der Waals surface area contributed by atoms with Crippen LogP contribution >= 0.6 is 24.0 Å². The van der Waals surface area contributed by atoms with Gasteiger partial charge in [-0.25, -0.2) is 13.1 Å². The van der Waals surface area contributed by atoms with Gasteiger partial charge in [0.2, 0.25) is 10.0 Å². The molecule has 0 aliphatic heterocycles. The second-order valence-corrected chi connectivity index (χ2v) is 9.24. The number of guanidine groups is 1. The molecule has 0 fully saturated rings. The maximum Gasteiger partial charge on any atom is 0.211 e. The van der Waals surface area contributed by atoms with Crippen LogP contribution in [0.25, 0.3) is 0 Å². The highest BCUT2D eigenvalue weighted by Gasteiger charge is 2.07. The lowest BCUT2D eigenvalue weighted by molar-refractivity contribution is 0.286. The third kappa shape index (κ3) is 12.3. The highest BCUT2D eigenvalue weighted by atomic mass is 127. The van der Waals surface area contributed by atoms with Gasteiger partial charge in [-0.2, -0.15) is 0 Å². The molecule has 0 saturated carbocycles. The molecule has 1 rings (SSSR count). The van der Waals surface area contributed by atoms with Crippen LogP contribution in [0.5, 0.6) is 5.75 Å². The molecule has 7 nitrogen and oxygen atoms in total. The number of sulfonamides is 1. The minimum Gasteiger partial charge on any atom is -0.493 e. The molecule has 0 aliphatic carbocycles. The average molecular weight is 541 g/mol. The van der Waals surface area contributed by atoms with Crippen molar-refractivity contribution in [3.05, 3.63) is 29.3 Å². The van der Waals surface area contributed by atoms with Crippen LogP contribution in [0.4, 0.5) is 0 Å². The molecule has 0 amide bonds. The van der Waals surface area contributed by atoms with Gasteiger partial charge in [0.1, 0.15) is 5.75 Å². The summed E-state index contributed by atoms with van der Waals surface area (Å²) < 4.78 is 31.3. The van der Waals surface area contributed by atoms with Crippen LogP contribution < -0.4 is 20.1 Å². The molecule has 0 heterocycles. The molecule has 168 valence electrons. The van der Waals surface area contributed by atoms with Gasteiger partial charge in [0, 0.05) is 32.2 Å². The summed E-state index contributed by atoms with van der Waals surface area (Å²) in [4.78, 5) is 4.21. The third-order valence-electron chi connectivity index (χ3n) is 4.19. The van der Waals surface area contributed by atoms with Gasteiger partial charge in [-0.15, -0.1) is 24.0 Å². The Bertz CT molecular complexity index is 724. The molecule has 3 N–H and O–H groups in total. The molecule has 0 aromatic heterocycles. The van der Waals surface area contributed by atoms with Crippen LogP contribution in [0.1, 0.15) is 44.7 Å². The first-order valence-corrected chi connectivity index (χ1v) is 11.6. The Morgan fingerprint density at radius 3 is 2.55 bits per heavy atom. The van der Waals surface area contributed by atoms with Crippen molar-refractivity contribution in [2.24, 2.45) is 10.9 Å². The van der Waals surface area contributed by atoms with Crippen LogP contribution in [-0.2, 0) is 16.6 Å². The van der Waals surface area contributed by atoms with E-state index in [1.165, 1.54) is 5.56 Å². The number of nitrogens with zero attached hydrogens (tertiary/aromatic N) is 1. The molecule has 0 radical (unpaired) electrons. The number of benzene rings is 1. The summed E-state index contributed by atoms with van der Waals surface area (Å²) in [6, 6.07) is 6.20. The van der Waals surface area contributed by atoms with Crippen molar-refractivity contribution in [1.29, 1.82) is 0 Å². The summed E-state index contributed by atoms with van der Waals surface area (Å²) in [7, 11) is -1.42. The molecule has 0 unspecified atom stereocenters. The molecule has 0 aliphatic rings. The van der Waals surface area contributed by atoms with Crippen LogP contribution in [0.2, 0.25) is 0 Å².